The first-order valence-electron chi connectivity index (χ1n) is 10.1. The minimum Gasteiger partial charge on any atom is -0.485 e. The van der Waals surface area contributed by atoms with Crippen LogP contribution in [0.3, 0.4) is 0 Å². The van der Waals surface area contributed by atoms with Crippen LogP contribution in [0.25, 0.3) is 10.8 Å². The van der Waals surface area contributed by atoms with E-state index in [1.165, 1.54) is 0 Å². The number of aromatic nitrogens is 2. The van der Waals surface area contributed by atoms with Crippen molar-refractivity contribution in [1.82, 2.24) is 14.9 Å². The Morgan fingerprint density at radius 2 is 1.87 bits per heavy atom. The Morgan fingerprint density at radius 1 is 1.07 bits per heavy atom. The second-order valence-corrected chi connectivity index (χ2v) is 7.80. The summed E-state index contributed by atoms with van der Waals surface area (Å²) >= 11 is 0. The zero-order chi connectivity index (χ0) is 20.5. The lowest BCUT2D eigenvalue weighted by molar-refractivity contribution is -0.00461. The molecule has 2 fully saturated rings. The molecule has 2 atom stereocenters. The monoisotopic (exact) mass is 405 g/mol. The van der Waals surface area contributed by atoms with Gasteiger partial charge in [0, 0.05) is 48.6 Å². The van der Waals surface area contributed by atoms with Crippen LogP contribution in [-0.4, -0.2) is 65.4 Å². The van der Waals surface area contributed by atoms with E-state index in [2.05, 4.69) is 9.97 Å². The van der Waals surface area contributed by atoms with Gasteiger partial charge in [-0.2, -0.15) is 0 Å². The minimum atomic E-state index is -0.209. The third kappa shape index (κ3) is 3.74. The van der Waals surface area contributed by atoms with Crippen LogP contribution in [0.5, 0.6) is 5.75 Å². The number of hydrogen-bond donors (Lipinski definition) is 0. The minimum absolute atomic E-state index is 0.0383. The van der Waals surface area contributed by atoms with E-state index in [1.807, 2.05) is 43.5 Å². The lowest BCUT2D eigenvalue weighted by Gasteiger charge is -2.20. The summed E-state index contributed by atoms with van der Waals surface area (Å²) in [7, 11) is 0. The van der Waals surface area contributed by atoms with Crippen molar-refractivity contribution in [2.75, 3.05) is 26.3 Å². The lowest BCUT2D eigenvalue weighted by atomic mass is 10.1. The van der Waals surface area contributed by atoms with Crippen LogP contribution >= 0.6 is 0 Å². The van der Waals surface area contributed by atoms with Gasteiger partial charge in [0.25, 0.3) is 5.91 Å². The first-order valence-corrected chi connectivity index (χ1v) is 10.1. The van der Waals surface area contributed by atoms with Crippen molar-refractivity contribution in [1.29, 1.82) is 0 Å². The average Bonchev–Trinajstić information content (AvgIpc) is 3.09. The van der Waals surface area contributed by atoms with Gasteiger partial charge in [0.15, 0.2) is 0 Å². The highest BCUT2D eigenvalue weighted by Crippen LogP contribution is 2.27. The molecule has 3 aromatic rings. The summed E-state index contributed by atoms with van der Waals surface area (Å²) in [5.41, 5.74) is 1.56. The summed E-state index contributed by atoms with van der Waals surface area (Å²) < 4.78 is 18.4. The van der Waals surface area contributed by atoms with Crippen LogP contribution in [0, 0.1) is 6.92 Å². The van der Waals surface area contributed by atoms with Crippen LogP contribution in [-0.2, 0) is 9.47 Å². The molecule has 0 unspecified atom stereocenters. The van der Waals surface area contributed by atoms with Gasteiger partial charge in [0.05, 0.1) is 18.8 Å². The number of carbonyl (C=O) groups is 1. The standard InChI is InChI=1S/C23H23N3O4/c1-15-7-17(10-25-8-15)23(27)26-11-21-22(12-26)29-14-18(13-28-21)30-20-4-2-3-16-9-24-6-5-19(16)20/h2-10,18,21-22H,11-14H2,1H3/t21-,22-/m0/s1. The second-order valence-electron chi connectivity index (χ2n) is 7.80. The lowest BCUT2D eigenvalue weighted by Crippen LogP contribution is -2.33. The molecule has 2 aliphatic heterocycles. The molecule has 0 saturated carbocycles. The Bertz CT molecular complexity index is 1050. The number of fused-ring (bicyclic) bond motifs is 2. The SMILES string of the molecule is Cc1cncc(C(=O)N2C[C@@H]3OCC(Oc4cccc5cnccc45)CO[C@H]3C2)c1. The smallest absolute Gasteiger partial charge is 0.255 e. The van der Waals surface area contributed by atoms with Crippen molar-refractivity contribution in [2.45, 2.75) is 25.2 Å². The van der Waals surface area contributed by atoms with Gasteiger partial charge in [-0.05, 0) is 30.7 Å². The molecule has 0 spiro atoms. The summed E-state index contributed by atoms with van der Waals surface area (Å²) in [5.74, 6) is 0.756. The summed E-state index contributed by atoms with van der Waals surface area (Å²) in [6.07, 6.45) is 6.41. The molecule has 7 nitrogen and oxygen atoms in total. The Balaban J connectivity index is 1.23. The van der Waals surface area contributed by atoms with E-state index in [0.29, 0.717) is 31.9 Å². The topological polar surface area (TPSA) is 73.8 Å². The zero-order valence-corrected chi connectivity index (χ0v) is 16.7. The Morgan fingerprint density at radius 3 is 2.63 bits per heavy atom. The predicted molar refractivity (Wildman–Crippen MR) is 111 cm³/mol. The van der Waals surface area contributed by atoms with E-state index < -0.39 is 0 Å². The van der Waals surface area contributed by atoms with Crippen molar-refractivity contribution in [3.63, 3.8) is 0 Å². The third-order valence-corrected chi connectivity index (χ3v) is 5.55. The molecular weight excluding hydrogens is 382 g/mol. The molecule has 0 bridgehead atoms. The number of nitrogens with zero attached hydrogens (tertiary/aromatic N) is 3. The van der Waals surface area contributed by atoms with Gasteiger partial charge in [0.1, 0.15) is 24.1 Å². The fourth-order valence-corrected chi connectivity index (χ4v) is 4.04. The Labute approximate surface area is 174 Å². The fraction of sp³-hybridized carbons (Fsp3) is 0.348. The maximum atomic E-state index is 12.8. The van der Waals surface area contributed by atoms with Crippen molar-refractivity contribution in [3.05, 3.63) is 66.2 Å². The summed E-state index contributed by atoms with van der Waals surface area (Å²) in [5, 5.41) is 2.04. The number of benzene rings is 1. The van der Waals surface area contributed by atoms with Crippen molar-refractivity contribution >= 4 is 16.7 Å². The number of carbonyl (C=O) groups excluding carboxylic acids is 1. The van der Waals surface area contributed by atoms with E-state index in [-0.39, 0.29) is 24.2 Å². The molecule has 0 aliphatic carbocycles. The fourth-order valence-electron chi connectivity index (χ4n) is 4.04. The molecule has 7 heteroatoms. The summed E-state index contributed by atoms with van der Waals surface area (Å²) in [6.45, 7) is 3.76. The van der Waals surface area contributed by atoms with Gasteiger partial charge in [-0.15, -0.1) is 0 Å². The maximum Gasteiger partial charge on any atom is 0.255 e. The Hall–Kier alpha value is -3.03. The molecule has 0 N–H and O–H groups in total. The highest BCUT2D eigenvalue weighted by Gasteiger charge is 2.40. The van der Waals surface area contributed by atoms with Crippen LogP contribution in [0.1, 0.15) is 15.9 Å². The van der Waals surface area contributed by atoms with Gasteiger partial charge >= 0.3 is 0 Å². The maximum absolute atomic E-state index is 12.8. The molecule has 2 aromatic heterocycles. The van der Waals surface area contributed by atoms with E-state index in [1.54, 1.807) is 23.5 Å². The van der Waals surface area contributed by atoms with Crippen LogP contribution in [0.4, 0.5) is 0 Å². The molecular formula is C23H23N3O4. The van der Waals surface area contributed by atoms with Gasteiger partial charge in [-0.25, -0.2) is 0 Å². The third-order valence-electron chi connectivity index (χ3n) is 5.55. The van der Waals surface area contributed by atoms with Crippen LogP contribution in [0.2, 0.25) is 0 Å². The highest BCUT2D eigenvalue weighted by atomic mass is 16.6. The molecule has 5 rings (SSSR count). The number of ether oxygens (including phenoxy) is 3. The van der Waals surface area contributed by atoms with E-state index in [9.17, 15) is 4.79 Å². The van der Waals surface area contributed by atoms with E-state index >= 15 is 0 Å². The van der Waals surface area contributed by atoms with Gasteiger partial charge in [-0.1, -0.05) is 12.1 Å². The van der Waals surface area contributed by atoms with Crippen molar-refractivity contribution in [3.8, 4) is 5.75 Å². The van der Waals surface area contributed by atoms with Crippen LogP contribution < -0.4 is 4.74 Å². The second kappa shape index (κ2) is 8.01. The first-order chi connectivity index (χ1) is 14.7. The molecule has 4 heterocycles. The number of pyridine rings is 2. The largest absolute Gasteiger partial charge is 0.485 e. The normalized spacial score (nSPS) is 22.0. The summed E-state index contributed by atoms with van der Waals surface area (Å²) in [4.78, 5) is 22.9. The van der Waals surface area contributed by atoms with Gasteiger partial charge < -0.3 is 19.1 Å². The molecule has 2 saturated heterocycles. The number of amides is 1. The van der Waals surface area contributed by atoms with Gasteiger partial charge in [-0.3, -0.25) is 14.8 Å². The predicted octanol–water partition coefficient (Wildman–Crippen LogP) is 2.63. The number of aryl methyl sites for hydroxylation is 1. The Kier molecular flexibility index (Phi) is 5.06. The van der Waals surface area contributed by atoms with E-state index in [4.69, 9.17) is 14.2 Å². The van der Waals surface area contributed by atoms with E-state index in [0.717, 1.165) is 22.1 Å². The van der Waals surface area contributed by atoms with Crippen LogP contribution in [0.15, 0.2) is 55.1 Å². The van der Waals surface area contributed by atoms with Gasteiger partial charge in [0.2, 0.25) is 0 Å². The quantitative estimate of drug-likeness (QED) is 0.667. The molecule has 30 heavy (non-hydrogen) atoms. The number of hydrogen-bond acceptors (Lipinski definition) is 6. The first kappa shape index (κ1) is 19.0. The van der Waals surface area contributed by atoms with Crippen molar-refractivity contribution < 1.29 is 19.0 Å². The van der Waals surface area contributed by atoms with Crippen molar-refractivity contribution in [2.24, 2.45) is 0 Å². The zero-order valence-electron chi connectivity index (χ0n) is 16.7. The molecule has 0 radical (unpaired) electrons. The molecule has 1 aromatic carbocycles. The summed E-state index contributed by atoms with van der Waals surface area (Å²) in [6, 6.07) is 9.71. The highest BCUT2D eigenvalue weighted by molar-refractivity contribution is 5.94. The molecule has 2 aliphatic rings. The average molecular weight is 405 g/mol. The number of likely N-dealkylation sites (tertiary alicyclic amines) is 1. The number of rotatable bonds is 3. The molecule has 1 amide bonds. The molecule has 154 valence electrons.